The van der Waals surface area contributed by atoms with Crippen LogP contribution in [0.5, 0.6) is 0 Å². The molecule has 0 saturated carbocycles. The van der Waals surface area contributed by atoms with Gasteiger partial charge in [-0.25, -0.2) is 0 Å². The average Bonchev–Trinajstić information content (AvgIpc) is 2.13. The summed E-state index contributed by atoms with van der Waals surface area (Å²) in [7, 11) is 0. The molecule has 0 aromatic rings. The third-order valence-electron chi connectivity index (χ3n) is 2.54. The van der Waals surface area contributed by atoms with Gasteiger partial charge in [0.15, 0.2) is 0 Å². The first-order chi connectivity index (χ1) is 6.43. The van der Waals surface area contributed by atoms with Crippen molar-refractivity contribution in [1.82, 2.24) is 0 Å². The van der Waals surface area contributed by atoms with Crippen LogP contribution in [0.4, 0.5) is 0 Å². The Bertz CT molecular complexity index is 257. The van der Waals surface area contributed by atoms with Gasteiger partial charge < -0.3 is 0 Å². The summed E-state index contributed by atoms with van der Waals surface area (Å²) < 4.78 is 0. The van der Waals surface area contributed by atoms with Gasteiger partial charge >= 0.3 is 0 Å². The van der Waals surface area contributed by atoms with Crippen LogP contribution in [-0.2, 0) is 0 Å². The zero-order valence-electron chi connectivity index (χ0n) is 10.4. The topological polar surface area (TPSA) is 12.4 Å². The van der Waals surface area contributed by atoms with Gasteiger partial charge in [0.1, 0.15) is 0 Å². The highest BCUT2D eigenvalue weighted by atomic mass is 14.8. The number of rotatable bonds is 4. The van der Waals surface area contributed by atoms with Crippen LogP contribution < -0.4 is 0 Å². The van der Waals surface area contributed by atoms with Crippen molar-refractivity contribution in [2.75, 3.05) is 0 Å². The number of allylic oxidation sites excluding steroid dienone is 1. The fraction of sp³-hybridized carbons (Fsp3) is 0.692. The Hall–Kier alpha value is -0.810. The van der Waals surface area contributed by atoms with E-state index in [1.54, 1.807) is 0 Å². The van der Waals surface area contributed by atoms with Crippen molar-refractivity contribution in [3.63, 3.8) is 0 Å². The number of nitrogens with zero attached hydrogens (tertiary/aromatic N) is 1. The van der Waals surface area contributed by atoms with Crippen molar-refractivity contribution in [3.8, 4) is 0 Å². The van der Waals surface area contributed by atoms with Gasteiger partial charge in [0.05, 0.1) is 5.54 Å². The van der Waals surface area contributed by atoms with Crippen molar-refractivity contribution in [2.45, 2.75) is 59.9 Å². The lowest BCUT2D eigenvalue weighted by atomic mass is 9.97. The fourth-order valence-electron chi connectivity index (χ4n) is 1.11. The molecule has 80 valence electrons. The summed E-state index contributed by atoms with van der Waals surface area (Å²) in [6.07, 6.45) is 4.12. The molecule has 0 heterocycles. The Morgan fingerprint density at radius 2 is 1.71 bits per heavy atom. The zero-order valence-corrected chi connectivity index (χ0v) is 10.4. The summed E-state index contributed by atoms with van der Waals surface area (Å²) in [5.74, 6) is 0. The van der Waals surface area contributed by atoms with Crippen LogP contribution >= 0.6 is 0 Å². The number of hydrogen-bond acceptors (Lipinski definition) is 1. The van der Waals surface area contributed by atoms with Crippen molar-refractivity contribution in [1.29, 1.82) is 0 Å². The molecule has 0 aliphatic rings. The SMILES string of the molecule is CCC(C)(CC)N=CC(C)=C=C(C)C. The molecule has 0 amide bonds. The van der Waals surface area contributed by atoms with Gasteiger partial charge in [-0.15, -0.1) is 5.73 Å². The van der Waals surface area contributed by atoms with E-state index in [9.17, 15) is 0 Å². The third-order valence-corrected chi connectivity index (χ3v) is 2.54. The van der Waals surface area contributed by atoms with Gasteiger partial charge in [-0.05, 0) is 46.1 Å². The summed E-state index contributed by atoms with van der Waals surface area (Å²) in [5, 5.41) is 0. The van der Waals surface area contributed by atoms with Crippen molar-refractivity contribution in [3.05, 3.63) is 16.9 Å². The summed E-state index contributed by atoms with van der Waals surface area (Å²) in [4.78, 5) is 4.61. The molecule has 0 bridgehead atoms. The van der Waals surface area contributed by atoms with Crippen LogP contribution in [0.25, 0.3) is 0 Å². The molecule has 1 heteroatoms. The lowest BCUT2D eigenvalue weighted by Gasteiger charge is -2.20. The molecule has 0 aromatic carbocycles. The second-order valence-corrected chi connectivity index (χ2v) is 4.27. The van der Waals surface area contributed by atoms with E-state index in [1.165, 1.54) is 5.57 Å². The predicted octanol–water partition coefficient (Wildman–Crippen LogP) is 4.15. The van der Waals surface area contributed by atoms with E-state index in [2.05, 4.69) is 45.3 Å². The van der Waals surface area contributed by atoms with Gasteiger partial charge in [0, 0.05) is 11.8 Å². The molecule has 0 unspecified atom stereocenters. The van der Waals surface area contributed by atoms with Crippen LogP contribution in [0.3, 0.4) is 0 Å². The molecule has 0 aromatic heterocycles. The van der Waals surface area contributed by atoms with Crippen LogP contribution in [0.15, 0.2) is 21.9 Å². The summed E-state index contributed by atoms with van der Waals surface area (Å²) in [5.41, 5.74) is 5.66. The Kier molecular flexibility index (Phi) is 5.49. The number of aliphatic imine (C=N–C) groups is 1. The van der Waals surface area contributed by atoms with Crippen molar-refractivity contribution < 1.29 is 0 Å². The highest BCUT2D eigenvalue weighted by Crippen LogP contribution is 2.18. The second-order valence-electron chi connectivity index (χ2n) is 4.27. The van der Waals surface area contributed by atoms with E-state index in [4.69, 9.17) is 0 Å². The van der Waals surface area contributed by atoms with E-state index < -0.39 is 0 Å². The summed E-state index contributed by atoms with van der Waals surface area (Å²) >= 11 is 0. The van der Waals surface area contributed by atoms with Crippen molar-refractivity contribution >= 4 is 6.21 Å². The minimum atomic E-state index is 0.102. The van der Waals surface area contributed by atoms with Gasteiger partial charge in [0.2, 0.25) is 0 Å². The van der Waals surface area contributed by atoms with Crippen LogP contribution in [0.2, 0.25) is 0 Å². The number of hydrogen-bond donors (Lipinski definition) is 0. The lowest BCUT2D eigenvalue weighted by molar-refractivity contribution is 0.443. The third kappa shape index (κ3) is 5.04. The standard InChI is InChI=1S/C13H23N/c1-7-13(6,8-2)14-10-12(5)9-11(3)4/h10H,7-8H2,1-6H3. The molecule has 0 aliphatic heterocycles. The molecule has 0 saturated heterocycles. The second kappa shape index (κ2) is 5.82. The Labute approximate surface area is 88.6 Å². The van der Waals surface area contributed by atoms with Gasteiger partial charge in [-0.3, -0.25) is 4.99 Å². The molecule has 0 rings (SSSR count). The van der Waals surface area contributed by atoms with E-state index in [1.807, 2.05) is 13.1 Å². The molecule has 0 radical (unpaired) electrons. The van der Waals surface area contributed by atoms with E-state index in [0.717, 1.165) is 18.4 Å². The van der Waals surface area contributed by atoms with Crippen LogP contribution in [0, 0.1) is 0 Å². The highest BCUT2D eigenvalue weighted by molar-refractivity contribution is 5.77. The smallest absolute Gasteiger partial charge is 0.0575 e. The van der Waals surface area contributed by atoms with Gasteiger partial charge in [0.25, 0.3) is 0 Å². The molecule has 0 atom stereocenters. The molecular weight excluding hydrogens is 170 g/mol. The normalized spacial score (nSPS) is 11.6. The maximum atomic E-state index is 4.61. The molecular formula is C13H23N. The molecule has 0 spiro atoms. The molecule has 0 N–H and O–H groups in total. The zero-order chi connectivity index (χ0) is 11.2. The maximum absolute atomic E-state index is 4.61. The van der Waals surface area contributed by atoms with Crippen LogP contribution in [-0.4, -0.2) is 11.8 Å². The first-order valence-electron chi connectivity index (χ1n) is 5.39. The molecule has 1 nitrogen and oxygen atoms in total. The minimum Gasteiger partial charge on any atom is -0.286 e. The predicted molar refractivity (Wildman–Crippen MR) is 65.0 cm³/mol. The molecule has 0 aliphatic carbocycles. The lowest BCUT2D eigenvalue weighted by Crippen LogP contribution is -2.19. The van der Waals surface area contributed by atoms with E-state index in [0.29, 0.717) is 0 Å². The molecule has 0 fully saturated rings. The summed E-state index contributed by atoms with van der Waals surface area (Å²) in [6.45, 7) is 12.7. The van der Waals surface area contributed by atoms with Crippen molar-refractivity contribution in [2.24, 2.45) is 4.99 Å². The minimum absolute atomic E-state index is 0.102. The molecule has 14 heavy (non-hydrogen) atoms. The quantitative estimate of drug-likeness (QED) is 0.470. The monoisotopic (exact) mass is 193 g/mol. The highest BCUT2D eigenvalue weighted by Gasteiger charge is 2.16. The van der Waals surface area contributed by atoms with E-state index in [-0.39, 0.29) is 5.54 Å². The first-order valence-corrected chi connectivity index (χ1v) is 5.39. The maximum Gasteiger partial charge on any atom is 0.0575 e. The van der Waals surface area contributed by atoms with Crippen LogP contribution in [0.1, 0.15) is 54.4 Å². The van der Waals surface area contributed by atoms with E-state index >= 15 is 0 Å². The average molecular weight is 193 g/mol. The fourth-order valence-corrected chi connectivity index (χ4v) is 1.11. The van der Waals surface area contributed by atoms with Gasteiger partial charge in [-0.1, -0.05) is 13.8 Å². The Balaban J connectivity index is 4.67. The Morgan fingerprint density at radius 3 is 2.07 bits per heavy atom. The summed E-state index contributed by atoms with van der Waals surface area (Å²) in [6, 6.07) is 0. The first kappa shape index (κ1) is 13.2. The largest absolute Gasteiger partial charge is 0.286 e. The van der Waals surface area contributed by atoms with Gasteiger partial charge in [-0.2, -0.15) is 0 Å². The Morgan fingerprint density at radius 1 is 1.21 bits per heavy atom.